The number of rotatable bonds is 57. The second-order valence-electron chi connectivity index (χ2n) is 20.8. The molecule has 0 aromatic heterocycles. The van der Waals surface area contributed by atoms with Crippen LogP contribution < -0.4 is 0 Å². The molecule has 5 nitrogen and oxygen atoms in total. The van der Waals surface area contributed by atoms with Gasteiger partial charge < -0.3 is 14.6 Å². The molecular formula is C63H118O5. The standard InChI is InChI=1S/C63H118O5/c1-3-5-7-9-11-13-15-17-19-21-23-25-27-29-31-33-35-37-39-41-43-45-47-49-51-53-55-57-62(65)67-60-61(59-64)68-63(66)58-56-54-52-50-48-46-44-42-40-38-36-34-32-30-28-26-24-22-20-18-16-14-12-10-8-6-4-2/h16,18,21-24,61,64H,3-15,17,19-20,25-60H2,1-2H3/b18-16-,23-21-,24-22-. The summed E-state index contributed by atoms with van der Waals surface area (Å²) in [7, 11) is 0. The third-order valence-corrected chi connectivity index (χ3v) is 13.9. The fraction of sp³-hybridized carbons (Fsp3) is 0.873. The quantitative estimate of drug-likeness (QED) is 0.0374. The number of allylic oxidation sites excluding steroid dienone is 6. The highest BCUT2D eigenvalue weighted by molar-refractivity contribution is 5.70. The Morgan fingerprint density at radius 1 is 0.338 bits per heavy atom. The van der Waals surface area contributed by atoms with Crippen molar-refractivity contribution in [2.75, 3.05) is 13.2 Å². The maximum Gasteiger partial charge on any atom is 0.306 e. The van der Waals surface area contributed by atoms with Gasteiger partial charge in [-0.05, 0) is 70.6 Å². The van der Waals surface area contributed by atoms with Crippen molar-refractivity contribution in [3.05, 3.63) is 36.5 Å². The first kappa shape index (κ1) is 66.1. The molecule has 0 fully saturated rings. The van der Waals surface area contributed by atoms with Crippen molar-refractivity contribution >= 4 is 11.9 Å². The van der Waals surface area contributed by atoms with Crippen molar-refractivity contribution in [2.24, 2.45) is 0 Å². The maximum absolute atomic E-state index is 12.3. The normalized spacial score (nSPS) is 12.3. The van der Waals surface area contributed by atoms with E-state index in [9.17, 15) is 14.7 Å². The molecule has 1 atom stereocenters. The Labute approximate surface area is 425 Å². The second-order valence-corrected chi connectivity index (χ2v) is 20.8. The molecule has 0 rings (SSSR count). The van der Waals surface area contributed by atoms with Gasteiger partial charge in [0.05, 0.1) is 6.61 Å². The van der Waals surface area contributed by atoms with E-state index < -0.39 is 6.10 Å². The third kappa shape index (κ3) is 56.7. The van der Waals surface area contributed by atoms with Crippen LogP contribution in [0.2, 0.25) is 0 Å². The number of carbonyl (C=O) groups excluding carboxylic acids is 2. The Morgan fingerprint density at radius 3 is 0.882 bits per heavy atom. The molecule has 0 saturated heterocycles. The lowest BCUT2D eigenvalue weighted by Crippen LogP contribution is -2.28. The Morgan fingerprint density at radius 2 is 0.588 bits per heavy atom. The lowest BCUT2D eigenvalue weighted by atomic mass is 10.0. The van der Waals surface area contributed by atoms with Crippen LogP contribution in [0.5, 0.6) is 0 Å². The molecule has 0 saturated carbocycles. The summed E-state index contributed by atoms with van der Waals surface area (Å²) in [6.45, 7) is 4.18. The summed E-state index contributed by atoms with van der Waals surface area (Å²) in [5.74, 6) is -0.572. The number of aliphatic hydroxyl groups is 1. The minimum atomic E-state index is -0.770. The number of unbranched alkanes of at least 4 members (excludes halogenated alkanes) is 43. The molecular weight excluding hydrogens is 837 g/mol. The number of carbonyl (C=O) groups is 2. The third-order valence-electron chi connectivity index (χ3n) is 13.9. The molecule has 0 aliphatic rings. The van der Waals surface area contributed by atoms with E-state index in [0.717, 1.165) is 44.9 Å². The highest BCUT2D eigenvalue weighted by Crippen LogP contribution is 2.17. The van der Waals surface area contributed by atoms with Crippen molar-refractivity contribution in [1.29, 1.82) is 0 Å². The number of ether oxygens (including phenoxy) is 2. The van der Waals surface area contributed by atoms with E-state index in [-0.39, 0.29) is 25.2 Å². The van der Waals surface area contributed by atoms with Gasteiger partial charge >= 0.3 is 11.9 Å². The molecule has 0 radical (unpaired) electrons. The van der Waals surface area contributed by atoms with Crippen molar-refractivity contribution in [1.82, 2.24) is 0 Å². The van der Waals surface area contributed by atoms with Gasteiger partial charge in [0, 0.05) is 12.8 Å². The molecule has 5 heteroatoms. The number of aliphatic hydroxyl groups excluding tert-OH is 1. The Balaban J connectivity index is 3.43. The van der Waals surface area contributed by atoms with Crippen molar-refractivity contribution < 1.29 is 24.2 Å². The predicted octanol–water partition coefficient (Wildman–Crippen LogP) is 20.6. The number of hydrogen-bond donors (Lipinski definition) is 1. The van der Waals surface area contributed by atoms with Crippen LogP contribution in [0.25, 0.3) is 0 Å². The fourth-order valence-electron chi connectivity index (χ4n) is 9.29. The molecule has 0 aromatic carbocycles. The van der Waals surface area contributed by atoms with Crippen LogP contribution in [0, 0.1) is 0 Å². The van der Waals surface area contributed by atoms with E-state index in [1.807, 2.05) is 0 Å². The minimum Gasteiger partial charge on any atom is -0.462 e. The van der Waals surface area contributed by atoms with E-state index >= 15 is 0 Å². The summed E-state index contributed by atoms with van der Waals surface area (Å²) in [6.07, 6.45) is 77.1. The lowest BCUT2D eigenvalue weighted by molar-refractivity contribution is -0.161. The van der Waals surface area contributed by atoms with Crippen molar-refractivity contribution in [3.8, 4) is 0 Å². The molecule has 400 valence electrons. The number of esters is 2. The topological polar surface area (TPSA) is 72.8 Å². The van der Waals surface area contributed by atoms with Gasteiger partial charge in [-0.3, -0.25) is 9.59 Å². The molecule has 0 aromatic rings. The first-order chi connectivity index (χ1) is 33.6. The van der Waals surface area contributed by atoms with E-state index in [1.165, 1.54) is 263 Å². The Bertz CT molecular complexity index is 1080. The van der Waals surface area contributed by atoms with Crippen LogP contribution in [0.15, 0.2) is 36.5 Å². The first-order valence-electron chi connectivity index (χ1n) is 30.5. The highest BCUT2D eigenvalue weighted by atomic mass is 16.6. The number of hydrogen-bond acceptors (Lipinski definition) is 5. The lowest BCUT2D eigenvalue weighted by Gasteiger charge is -2.15. The molecule has 1 unspecified atom stereocenters. The van der Waals surface area contributed by atoms with E-state index in [1.54, 1.807) is 0 Å². The zero-order valence-corrected chi connectivity index (χ0v) is 45.9. The molecule has 1 N–H and O–H groups in total. The summed E-state index contributed by atoms with van der Waals surface area (Å²) in [6, 6.07) is 0. The molecule has 0 aliphatic heterocycles. The summed E-state index contributed by atoms with van der Waals surface area (Å²) in [5.41, 5.74) is 0. The SMILES string of the molecule is CCCCCCC/C=C\C/C=C\CCCCCCCCCCCCCCCCCC(=O)OC(CO)COC(=O)CCCCCCCCCCCCCCCCC/C=C\CCCCCCCCCC. The van der Waals surface area contributed by atoms with Gasteiger partial charge in [-0.2, -0.15) is 0 Å². The van der Waals surface area contributed by atoms with Crippen molar-refractivity contribution in [3.63, 3.8) is 0 Å². The summed E-state index contributed by atoms with van der Waals surface area (Å²) >= 11 is 0. The largest absolute Gasteiger partial charge is 0.462 e. The maximum atomic E-state index is 12.3. The molecule has 0 aliphatic carbocycles. The zero-order valence-electron chi connectivity index (χ0n) is 45.9. The van der Waals surface area contributed by atoms with E-state index in [4.69, 9.17) is 9.47 Å². The molecule has 0 bridgehead atoms. The van der Waals surface area contributed by atoms with Crippen LogP contribution in [-0.2, 0) is 19.1 Å². The van der Waals surface area contributed by atoms with Crippen LogP contribution in [0.4, 0.5) is 0 Å². The predicted molar refractivity (Wildman–Crippen MR) is 298 cm³/mol. The monoisotopic (exact) mass is 955 g/mol. The van der Waals surface area contributed by atoms with Gasteiger partial charge in [0.25, 0.3) is 0 Å². The van der Waals surface area contributed by atoms with Crippen LogP contribution in [0.3, 0.4) is 0 Å². The van der Waals surface area contributed by atoms with Crippen LogP contribution in [0.1, 0.15) is 335 Å². The Hall–Kier alpha value is -1.88. The van der Waals surface area contributed by atoms with Gasteiger partial charge in [-0.15, -0.1) is 0 Å². The molecule has 0 heterocycles. The van der Waals surface area contributed by atoms with Gasteiger partial charge in [-0.25, -0.2) is 0 Å². The zero-order chi connectivity index (χ0) is 49.2. The van der Waals surface area contributed by atoms with Gasteiger partial charge in [0.1, 0.15) is 6.61 Å². The molecule has 0 amide bonds. The van der Waals surface area contributed by atoms with E-state index in [2.05, 4.69) is 50.3 Å². The Kier molecular flexibility index (Phi) is 57.8. The highest BCUT2D eigenvalue weighted by Gasteiger charge is 2.16. The van der Waals surface area contributed by atoms with Gasteiger partial charge in [0.2, 0.25) is 0 Å². The molecule has 0 spiro atoms. The molecule has 68 heavy (non-hydrogen) atoms. The van der Waals surface area contributed by atoms with Crippen LogP contribution >= 0.6 is 0 Å². The smallest absolute Gasteiger partial charge is 0.306 e. The summed E-state index contributed by atoms with van der Waals surface area (Å²) in [5, 5.41) is 9.67. The average molecular weight is 956 g/mol. The van der Waals surface area contributed by atoms with Gasteiger partial charge in [-0.1, -0.05) is 288 Å². The summed E-state index contributed by atoms with van der Waals surface area (Å²) in [4.78, 5) is 24.6. The fourth-order valence-corrected chi connectivity index (χ4v) is 9.29. The van der Waals surface area contributed by atoms with Crippen LogP contribution in [-0.4, -0.2) is 36.4 Å². The average Bonchev–Trinajstić information content (AvgIpc) is 3.34. The van der Waals surface area contributed by atoms with Gasteiger partial charge in [0.15, 0.2) is 6.10 Å². The summed E-state index contributed by atoms with van der Waals surface area (Å²) < 4.78 is 10.7. The second kappa shape index (κ2) is 59.4. The van der Waals surface area contributed by atoms with Crippen molar-refractivity contribution in [2.45, 2.75) is 341 Å². The van der Waals surface area contributed by atoms with E-state index in [0.29, 0.717) is 12.8 Å². The first-order valence-corrected chi connectivity index (χ1v) is 30.5. The minimum absolute atomic E-state index is 0.0611.